The normalized spacial score (nSPS) is 11.1. The summed E-state index contributed by atoms with van der Waals surface area (Å²) in [6, 6.07) is 10.1. The fraction of sp³-hybridized carbons (Fsp3) is 0.143. The molecule has 2 aromatic rings. The Balaban J connectivity index is 2.11. The zero-order valence-electron chi connectivity index (χ0n) is 9.59. The summed E-state index contributed by atoms with van der Waals surface area (Å²) < 4.78 is 0. The molecule has 86 valence electrons. The lowest BCUT2D eigenvalue weighted by molar-refractivity contribution is -0.109. The highest BCUT2D eigenvalue weighted by Gasteiger charge is 1.94. The van der Waals surface area contributed by atoms with Gasteiger partial charge in [-0.2, -0.15) is 0 Å². The van der Waals surface area contributed by atoms with Gasteiger partial charge in [0.2, 0.25) is 0 Å². The molecule has 0 aliphatic heterocycles. The van der Waals surface area contributed by atoms with Crippen LogP contribution in [0.1, 0.15) is 12.5 Å². The number of fused-ring (bicyclic) bond motifs is 1. The second-order valence-corrected chi connectivity index (χ2v) is 4.86. The summed E-state index contributed by atoms with van der Waals surface area (Å²) in [6.45, 7) is 1.58. The Labute approximate surface area is 105 Å². The van der Waals surface area contributed by atoms with Crippen LogP contribution in [0.5, 0.6) is 0 Å². The van der Waals surface area contributed by atoms with Crippen LogP contribution in [0.25, 0.3) is 17.0 Å². The Hall–Kier alpha value is -1.61. The van der Waals surface area contributed by atoms with Gasteiger partial charge in [-0.15, -0.1) is 0 Å². The van der Waals surface area contributed by atoms with Crippen molar-refractivity contribution >= 4 is 33.9 Å². The molecule has 0 N–H and O–H groups in total. The molecule has 0 saturated heterocycles. The predicted octanol–water partition coefficient (Wildman–Crippen LogP) is 3.53. The lowest BCUT2D eigenvalue weighted by Crippen LogP contribution is -1.82. The number of aromatic nitrogens is 1. The van der Waals surface area contributed by atoms with Gasteiger partial charge >= 0.3 is 0 Å². The maximum Gasteiger partial charge on any atom is 0.186 e. The van der Waals surface area contributed by atoms with E-state index in [-0.39, 0.29) is 5.12 Å². The Bertz CT molecular complexity index is 563. The fourth-order valence-corrected chi connectivity index (χ4v) is 1.97. The minimum atomic E-state index is 0.150. The Morgan fingerprint density at radius 3 is 3.12 bits per heavy atom. The molecule has 0 amide bonds. The van der Waals surface area contributed by atoms with Crippen molar-refractivity contribution in [2.24, 2.45) is 0 Å². The predicted molar refractivity (Wildman–Crippen MR) is 73.9 cm³/mol. The van der Waals surface area contributed by atoms with Gasteiger partial charge in [0, 0.05) is 24.3 Å². The molecule has 1 aromatic heterocycles. The molecule has 2 rings (SSSR count). The highest BCUT2D eigenvalue weighted by Crippen LogP contribution is 2.14. The summed E-state index contributed by atoms with van der Waals surface area (Å²) in [6.07, 6.45) is 5.83. The Kier molecular flexibility index (Phi) is 3.94. The number of thioether (sulfide) groups is 1. The van der Waals surface area contributed by atoms with E-state index in [1.807, 2.05) is 36.4 Å². The molecule has 3 heteroatoms. The van der Waals surface area contributed by atoms with Crippen molar-refractivity contribution in [3.63, 3.8) is 0 Å². The molecule has 1 heterocycles. The van der Waals surface area contributed by atoms with Gasteiger partial charge in [-0.25, -0.2) is 0 Å². The van der Waals surface area contributed by atoms with Crippen LogP contribution in [-0.4, -0.2) is 15.9 Å². The van der Waals surface area contributed by atoms with Crippen LogP contribution in [-0.2, 0) is 4.79 Å². The molecule has 0 aliphatic carbocycles. The quantitative estimate of drug-likeness (QED) is 0.826. The van der Waals surface area contributed by atoms with Gasteiger partial charge in [0.15, 0.2) is 5.12 Å². The first-order valence-corrected chi connectivity index (χ1v) is 6.39. The summed E-state index contributed by atoms with van der Waals surface area (Å²) in [7, 11) is 0. The topological polar surface area (TPSA) is 30.0 Å². The van der Waals surface area contributed by atoms with Gasteiger partial charge in [-0.3, -0.25) is 9.78 Å². The highest BCUT2D eigenvalue weighted by molar-refractivity contribution is 8.13. The smallest absolute Gasteiger partial charge is 0.186 e. The first-order chi connectivity index (χ1) is 8.25. The van der Waals surface area contributed by atoms with E-state index in [1.165, 1.54) is 11.8 Å². The Morgan fingerprint density at radius 2 is 2.29 bits per heavy atom. The van der Waals surface area contributed by atoms with Gasteiger partial charge in [-0.05, 0) is 23.8 Å². The van der Waals surface area contributed by atoms with E-state index in [9.17, 15) is 4.79 Å². The van der Waals surface area contributed by atoms with Crippen molar-refractivity contribution in [1.29, 1.82) is 0 Å². The largest absolute Gasteiger partial charge is 0.288 e. The van der Waals surface area contributed by atoms with E-state index in [0.29, 0.717) is 0 Å². The number of nitrogens with zero attached hydrogens (tertiary/aromatic N) is 1. The van der Waals surface area contributed by atoms with Gasteiger partial charge < -0.3 is 0 Å². The van der Waals surface area contributed by atoms with E-state index in [2.05, 4.69) is 11.1 Å². The van der Waals surface area contributed by atoms with Crippen LogP contribution in [0.4, 0.5) is 0 Å². The van der Waals surface area contributed by atoms with Crippen LogP contribution in [0.15, 0.2) is 42.6 Å². The molecule has 0 unspecified atom stereocenters. The van der Waals surface area contributed by atoms with E-state index >= 15 is 0 Å². The third kappa shape index (κ3) is 3.43. The summed E-state index contributed by atoms with van der Waals surface area (Å²) in [5.41, 5.74) is 2.14. The fourth-order valence-electron chi connectivity index (χ4n) is 1.55. The molecule has 2 nitrogen and oxygen atoms in total. The number of pyridine rings is 1. The van der Waals surface area contributed by atoms with Crippen LogP contribution in [0.2, 0.25) is 0 Å². The molecule has 0 radical (unpaired) electrons. The molecule has 0 aliphatic rings. The van der Waals surface area contributed by atoms with Crippen molar-refractivity contribution in [3.8, 4) is 0 Å². The first kappa shape index (κ1) is 11.9. The second-order valence-electron chi connectivity index (χ2n) is 3.66. The minimum Gasteiger partial charge on any atom is -0.288 e. The van der Waals surface area contributed by atoms with Gasteiger partial charge in [0.25, 0.3) is 0 Å². The Morgan fingerprint density at radius 1 is 1.41 bits per heavy atom. The standard InChI is InChI=1S/C14H13NOS/c1-11(16)17-9-3-4-12-6-7-14-13(10-12)5-2-8-15-14/h2-8,10H,9H2,1H3. The summed E-state index contributed by atoms with van der Waals surface area (Å²) in [5.74, 6) is 0.723. The maximum atomic E-state index is 10.8. The number of hydrogen-bond donors (Lipinski definition) is 0. The molecule has 1 aromatic carbocycles. The van der Waals surface area contributed by atoms with E-state index in [4.69, 9.17) is 0 Å². The minimum absolute atomic E-state index is 0.150. The molecular formula is C14H13NOS. The first-order valence-electron chi connectivity index (χ1n) is 5.40. The molecule has 0 bridgehead atoms. The summed E-state index contributed by atoms with van der Waals surface area (Å²) >= 11 is 1.32. The van der Waals surface area contributed by atoms with E-state index in [0.717, 1.165) is 22.2 Å². The highest BCUT2D eigenvalue weighted by atomic mass is 32.2. The van der Waals surface area contributed by atoms with Gasteiger partial charge in [0.05, 0.1) is 5.52 Å². The molecule has 0 atom stereocenters. The number of benzene rings is 1. The van der Waals surface area contributed by atoms with Crippen molar-refractivity contribution in [2.75, 3.05) is 5.75 Å². The van der Waals surface area contributed by atoms with Crippen molar-refractivity contribution in [1.82, 2.24) is 4.98 Å². The number of rotatable bonds is 3. The van der Waals surface area contributed by atoms with Crippen molar-refractivity contribution < 1.29 is 4.79 Å². The SMILES string of the molecule is CC(=O)SCC=Cc1ccc2ncccc2c1. The molecule has 0 spiro atoms. The number of hydrogen-bond acceptors (Lipinski definition) is 3. The molecule has 0 fully saturated rings. The third-order valence-corrected chi connectivity index (χ3v) is 3.09. The summed E-state index contributed by atoms with van der Waals surface area (Å²) in [5, 5.41) is 1.28. The number of carbonyl (C=O) groups excluding carboxylic acids is 1. The third-order valence-electron chi connectivity index (χ3n) is 2.32. The average molecular weight is 243 g/mol. The van der Waals surface area contributed by atoms with E-state index < -0.39 is 0 Å². The van der Waals surface area contributed by atoms with Crippen molar-refractivity contribution in [2.45, 2.75) is 6.92 Å². The monoisotopic (exact) mass is 243 g/mol. The van der Waals surface area contributed by atoms with Crippen LogP contribution < -0.4 is 0 Å². The lowest BCUT2D eigenvalue weighted by atomic mass is 10.1. The zero-order valence-corrected chi connectivity index (χ0v) is 10.4. The van der Waals surface area contributed by atoms with Crippen LogP contribution in [0, 0.1) is 0 Å². The molecule has 17 heavy (non-hydrogen) atoms. The van der Waals surface area contributed by atoms with Gasteiger partial charge in [-0.1, -0.05) is 36.0 Å². The number of carbonyl (C=O) groups is 1. The zero-order chi connectivity index (χ0) is 12.1. The summed E-state index contributed by atoms with van der Waals surface area (Å²) in [4.78, 5) is 15.0. The molecule has 0 saturated carbocycles. The van der Waals surface area contributed by atoms with Crippen molar-refractivity contribution in [3.05, 3.63) is 48.2 Å². The lowest BCUT2D eigenvalue weighted by Gasteiger charge is -1.98. The molecular weight excluding hydrogens is 230 g/mol. The average Bonchev–Trinajstić information content (AvgIpc) is 2.34. The second kappa shape index (κ2) is 5.64. The van der Waals surface area contributed by atoms with Gasteiger partial charge in [0.1, 0.15) is 0 Å². The maximum absolute atomic E-state index is 10.8. The van der Waals surface area contributed by atoms with E-state index in [1.54, 1.807) is 13.1 Å². The van der Waals surface area contributed by atoms with Crippen LogP contribution in [0.3, 0.4) is 0 Å². The van der Waals surface area contributed by atoms with Crippen LogP contribution >= 0.6 is 11.8 Å².